The quantitative estimate of drug-likeness (QED) is 0.913. The summed E-state index contributed by atoms with van der Waals surface area (Å²) in [6, 6.07) is 1.89. The number of aryl methyl sites for hydroxylation is 1. The zero-order valence-corrected chi connectivity index (χ0v) is 13.0. The van der Waals surface area contributed by atoms with Crippen LogP contribution in [0.1, 0.15) is 12.5 Å². The van der Waals surface area contributed by atoms with Crippen LogP contribution in [0.15, 0.2) is 24.7 Å². The molecule has 116 valence electrons. The normalized spacial score (nSPS) is 15.0. The van der Waals surface area contributed by atoms with Crippen LogP contribution in [0.2, 0.25) is 0 Å². The van der Waals surface area contributed by atoms with Gasteiger partial charge in [-0.1, -0.05) is 0 Å². The van der Waals surface area contributed by atoms with Gasteiger partial charge in [-0.2, -0.15) is 4.98 Å². The van der Waals surface area contributed by atoms with Crippen LogP contribution in [-0.2, 0) is 0 Å². The third kappa shape index (κ3) is 3.24. The molecule has 1 aliphatic rings. The summed E-state index contributed by atoms with van der Waals surface area (Å²) in [5.74, 6) is 2.45. The van der Waals surface area contributed by atoms with Gasteiger partial charge in [-0.3, -0.25) is 0 Å². The predicted octanol–water partition coefficient (Wildman–Crippen LogP) is 1.33. The number of nitrogens with zero attached hydrogens (tertiary/aromatic N) is 6. The van der Waals surface area contributed by atoms with Crippen molar-refractivity contribution in [3.63, 3.8) is 0 Å². The average Bonchev–Trinajstić information content (AvgIpc) is 2.56. The van der Waals surface area contributed by atoms with E-state index in [9.17, 15) is 0 Å². The van der Waals surface area contributed by atoms with E-state index < -0.39 is 0 Å². The van der Waals surface area contributed by atoms with Gasteiger partial charge in [0, 0.05) is 51.3 Å². The fourth-order valence-corrected chi connectivity index (χ4v) is 2.44. The van der Waals surface area contributed by atoms with Gasteiger partial charge in [-0.25, -0.2) is 15.0 Å². The molecular formula is C15H21N7. The van der Waals surface area contributed by atoms with Gasteiger partial charge in [0.1, 0.15) is 5.82 Å². The maximum absolute atomic E-state index is 4.55. The van der Waals surface area contributed by atoms with Gasteiger partial charge >= 0.3 is 0 Å². The van der Waals surface area contributed by atoms with E-state index in [0.29, 0.717) is 0 Å². The Hall–Kier alpha value is -2.44. The Labute approximate surface area is 130 Å². The molecule has 2 aromatic heterocycles. The minimum absolute atomic E-state index is 0.780. The summed E-state index contributed by atoms with van der Waals surface area (Å²) in [4.78, 5) is 22.1. The molecule has 7 nitrogen and oxygen atoms in total. The van der Waals surface area contributed by atoms with Crippen molar-refractivity contribution < 1.29 is 0 Å². The third-order valence-electron chi connectivity index (χ3n) is 3.61. The number of piperazine rings is 1. The fraction of sp³-hybridized carbons (Fsp3) is 0.467. The summed E-state index contributed by atoms with van der Waals surface area (Å²) < 4.78 is 0. The Balaban J connectivity index is 1.64. The summed E-state index contributed by atoms with van der Waals surface area (Å²) in [7, 11) is 0. The van der Waals surface area contributed by atoms with E-state index in [2.05, 4.69) is 42.0 Å². The Morgan fingerprint density at radius 3 is 2.27 bits per heavy atom. The molecule has 0 saturated carbocycles. The van der Waals surface area contributed by atoms with Crippen molar-refractivity contribution in [2.75, 3.05) is 47.8 Å². The second-order valence-electron chi connectivity index (χ2n) is 5.31. The lowest BCUT2D eigenvalue weighted by molar-refractivity contribution is 0.628. The summed E-state index contributed by atoms with van der Waals surface area (Å²) in [6.45, 7) is 8.39. The Morgan fingerprint density at radius 1 is 1.00 bits per heavy atom. The first-order valence-electron chi connectivity index (χ1n) is 7.61. The smallest absolute Gasteiger partial charge is 0.227 e. The number of nitrogens with one attached hydrogen (secondary N) is 1. The van der Waals surface area contributed by atoms with Crippen molar-refractivity contribution in [2.45, 2.75) is 13.8 Å². The molecule has 0 amide bonds. The Morgan fingerprint density at radius 2 is 1.64 bits per heavy atom. The minimum atomic E-state index is 0.780. The highest BCUT2D eigenvalue weighted by molar-refractivity contribution is 5.43. The summed E-state index contributed by atoms with van der Waals surface area (Å²) in [5.41, 5.74) is 1.08. The van der Waals surface area contributed by atoms with Crippen LogP contribution < -0.4 is 15.1 Å². The van der Waals surface area contributed by atoms with Crippen LogP contribution in [0.3, 0.4) is 0 Å². The SMILES string of the molecule is CCNc1ccnc(N2CCN(c3ncc(C)cn3)CC2)n1. The maximum atomic E-state index is 4.55. The second-order valence-corrected chi connectivity index (χ2v) is 5.31. The van der Waals surface area contributed by atoms with Gasteiger partial charge in [0.15, 0.2) is 0 Å². The molecule has 1 fully saturated rings. The van der Waals surface area contributed by atoms with Gasteiger partial charge in [-0.15, -0.1) is 0 Å². The highest BCUT2D eigenvalue weighted by Gasteiger charge is 2.20. The molecule has 0 bridgehead atoms. The van der Waals surface area contributed by atoms with Crippen molar-refractivity contribution in [3.8, 4) is 0 Å². The lowest BCUT2D eigenvalue weighted by atomic mass is 10.3. The lowest BCUT2D eigenvalue weighted by Gasteiger charge is -2.34. The average molecular weight is 299 g/mol. The summed E-state index contributed by atoms with van der Waals surface area (Å²) >= 11 is 0. The van der Waals surface area contributed by atoms with Gasteiger partial charge in [0.2, 0.25) is 11.9 Å². The summed E-state index contributed by atoms with van der Waals surface area (Å²) in [5, 5.41) is 3.22. The molecule has 1 N–H and O–H groups in total. The van der Waals surface area contributed by atoms with Crippen molar-refractivity contribution >= 4 is 17.7 Å². The molecule has 1 aliphatic heterocycles. The van der Waals surface area contributed by atoms with E-state index in [0.717, 1.165) is 56.0 Å². The highest BCUT2D eigenvalue weighted by atomic mass is 15.4. The van der Waals surface area contributed by atoms with Gasteiger partial charge in [-0.05, 0) is 25.5 Å². The standard InChI is InChI=1S/C15H21N7/c1-3-16-13-4-5-17-15(20-13)22-8-6-21(7-9-22)14-18-10-12(2)11-19-14/h4-5,10-11H,3,6-9H2,1-2H3,(H,16,17,20). The zero-order chi connectivity index (χ0) is 15.4. The topological polar surface area (TPSA) is 70.1 Å². The number of aromatic nitrogens is 4. The molecule has 7 heteroatoms. The first-order chi connectivity index (χ1) is 10.8. The number of rotatable bonds is 4. The van der Waals surface area contributed by atoms with Crippen molar-refractivity contribution in [3.05, 3.63) is 30.2 Å². The van der Waals surface area contributed by atoms with Crippen LogP contribution in [0.25, 0.3) is 0 Å². The van der Waals surface area contributed by atoms with Gasteiger partial charge in [0.25, 0.3) is 0 Å². The molecule has 0 aromatic carbocycles. The highest BCUT2D eigenvalue weighted by Crippen LogP contribution is 2.16. The van der Waals surface area contributed by atoms with E-state index >= 15 is 0 Å². The Kier molecular flexibility index (Phi) is 4.32. The monoisotopic (exact) mass is 299 g/mol. The van der Waals surface area contributed by atoms with Crippen molar-refractivity contribution in [2.24, 2.45) is 0 Å². The molecule has 2 aromatic rings. The van der Waals surface area contributed by atoms with E-state index in [1.807, 2.05) is 25.4 Å². The first kappa shape index (κ1) is 14.5. The molecule has 0 unspecified atom stereocenters. The minimum Gasteiger partial charge on any atom is -0.370 e. The lowest BCUT2D eigenvalue weighted by Crippen LogP contribution is -2.47. The van der Waals surface area contributed by atoms with Crippen LogP contribution in [0.5, 0.6) is 0 Å². The summed E-state index contributed by atoms with van der Waals surface area (Å²) in [6.07, 6.45) is 5.52. The Bertz CT molecular complexity index is 606. The maximum Gasteiger partial charge on any atom is 0.227 e. The van der Waals surface area contributed by atoms with Crippen molar-refractivity contribution in [1.29, 1.82) is 0 Å². The van der Waals surface area contributed by atoms with E-state index in [1.54, 1.807) is 6.20 Å². The first-order valence-corrected chi connectivity index (χ1v) is 7.61. The van der Waals surface area contributed by atoms with Crippen molar-refractivity contribution in [1.82, 2.24) is 19.9 Å². The molecule has 0 radical (unpaired) electrons. The third-order valence-corrected chi connectivity index (χ3v) is 3.61. The van der Waals surface area contributed by atoms with Gasteiger partial charge < -0.3 is 15.1 Å². The van der Waals surface area contributed by atoms with Crippen LogP contribution >= 0.6 is 0 Å². The zero-order valence-electron chi connectivity index (χ0n) is 13.0. The molecule has 0 atom stereocenters. The molecule has 0 aliphatic carbocycles. The van der Waals surface area contributed by atoms with E-state index in [-0.39, 0.29) is 0 Å². The van der Waals surface area contributed by atoms with Crippen LogP contribution in [0, 0.1) is 6.92 Å². The van der Waals surface area contributed by atoms with Crippen LogP contribution in [0.4, 0.5) is 17.7 Å². The van der Waals surface area contributed by atoms with Crippen LogP contribution in [-0.4, -0.2) is 52.7 Å². The molecule has 0 spiro atoms. The number of hydrogen-bond acceptors (Lipinski definition) is 7. The van der Waals surface area contributed by atoms with Gasteiger partial charge in [0.05, 0.1) is 0 Å². The number of hydrogen-bond donors (Lipinski definition) is 1. The number of anilines is 3. The van der Waals surface area contributed by atoms with E-state index in [1.165, 1.54) is 0 Å². The molecule has 22 heavy (non-hydrogen) atoms. The largest absolute Gasteiger partial charge is 0.370 e. The molecule has 3 rings (SSSR count). The van der Waals surface area contributed by atoms with E-state index in [4.69, 9.17) is 0 Å². The predicted molar refractivity (Wildman–Crippen MR) is 87.4 cm³/mol. The second kappa shape index (κ2) is 6.55. The molecule has 1 saturated heterocycles. The fourth-order valence-electron chi connectivity index (χ4n) is 2.44. The molecule has 3 heterocycles. The molecular weight excluding hydrogens is 278 g/mol.